The van der Waals surface area contributed by atoms with Gasteiger partial charge < -0.3 is 0 Å². The summed E-state index contributed by atoms with van der Waals surface area (Å²) in [6, 6.07) is 26.2. The molecule has 6 nitrogen and oxygen atoms in total. The molecule has 0 aliphatic heterocycles. The van der Waals surface area contributed by atoms with Crippen molar-refractivity contribution in [3.05, 3.63) is 109 Å². The predicted octanol–water partition coefficient (Wildman–Crippen LogP) is 6.55. The molecule has 2 aromatic carbocycles. The van der Waals surface area contributed by atoms with E-state index in [9.17, 15) is 0 Å². The van der Waals surface area contributed by atoms with Gasteiger partial charge in [-0.2, -0.15) is 0 Å². The van der Waals surface area contributed by atoms with E-state index >= 15 is 0 Å². The normalized spacial score (nSPS) is 11.9. The molecule has 0 saturated carbocycles. The number of hydrogen-bond donors (Lipinski definition) is 0. The quantitative estimate of drug-likeness (QED) is 0.208. The lowest BCUT2D eigenvalue weighted by Gasteiger charge is -2.11. The van der Waals surface area contributed by atoms with Gasteiger partial charge in [0.15, 0.2) is 11.3 Å². The van der Waals surface area contributed by atoms with E-state index in [4.69, 9.17) is 16.4 Å². The summed E-state index contributed by atoms with van der Waals surface area (Å²) in [6.45, 7) is 1.97. The van der Waals surface area contributed by atoms with Crippen molar-refractivity contribution in [1.82, 2.24) is 29.1 Å². The summed E-state index contributed by atoms with van der Waals surface area (Å²) in [4.78, 5) is 19.0. The van der Waals surface area contributed by atoms with Crippen LogP contribution >= 0.6 is 0 Å². The minimum absolute atomic E-state index is 0.772. The van der Waals surface area contributed by atoms with Gasteiger partial charge in [-0.3, -0.25) is 9.13 Å². The van der Waals surface area contributed by atoms with Crippen molar-refractivity contribution < 1.29 is 0 Å². The number of rotatable bonds is 5. The summed E-state index contributed by atoms with van der Waals surface area (Å²) in [5, 5.41) is 0. The third kappa shape index (κ3) is 3.89. The SMILES string of the molecule is C#C/C=C\C(=C/C)n1c(-c2ccc(-c3nc4cccnc4n3-c3ccccc3)cc2)nc2cccnc21. The van der Waals surface area contributed by atoms with Crippen LogP contribution in [0.15, 0.2) is 109 Å². The van der Waals surface area contributed by atoms with Gasteiger partial charge in [-0.05, 0) is 55.5 Å². The number of pyridine rings is 2. The number of aromatic nitrogens is 6. The Balaban J connectivity index is 1.50. The Hall–Kier alpha value is -5.28. The molecule has 0 saturated heterocycles. The number of allylic oxidation sites excluding steroid dienone is 4. The van der Waals surface area contributed by atoms with Gasteiger partial charge in [-0.25, -0.2) is 19.9 Å². The minimum atomic E-state index is 0.772. The van der Waals surface area contributed by atoms with Crippen LogP contribution in [0.3, 0.4) is 0 Å². The molecule has 6 rings (SSSR count). The smallest absolute Gasteiger partial charge is 0.164 e. The van der Waals surface area contributed by atoms with Crippen LogP contribution in [0, 0.1) is 12.3 Å². The highest BCUT2D eigenvalue weighted by atomic mass is 15.1. The van der Waals surface area contributed by atoms with Crippen molar-refractivity contribution in [2.75, 3.05) is 0 Å². The molecule has 0 N–H and O–H groups in total. The Kier molecular flexibility index (Phi) is 5.64. The number of benzene rings is 2. The van der Waals surface area contributed by atoms with E-state index in [1.165, 1.54) is 0 Å². The summed E-state index contributed by atoms with van der Waals surface area (Å²) in [5.41, 5.74) is 7.08. The van der Waals surface area contributed by atoms with Crippen molar-refractivity contribution in [3.63, 3.8) is 0 Å². The summed E-state index contributed by atoms with van der Waals surface area (Å²) < 4.78 is 4.12. The van der Waals surface area contributed by atoms with Gasteiger partial charge in [0, 0.05) is 34.9 Å². The number of fused-ring (bicyclic) bond motifs is 2. The Morgan fingerprint density at radius 1 is 0.757 bits per heavy atom. The first kappa shape index (κ1) is 22.2. The highest BCUT2D eigenvalue weighted by Crippen LogP contribution is 2.31. The zero-order valence-electron chi connectivity index (χ0n) is 20.2. The molecule has 6 heteroatoms. The molecule has 4 aromatic heterocycles. The number of terminal acetylenes is 1. The summed E-state index contributed by atoms with van der Waals surface area (Å²) in [5.74, 6) is 4.18. The minimum Gasteiger partial charge on any atom is -0.277 e. The highest BCUT2D eigenvalue weighted by Gasteiger charge is 2.18. The van der Waals surface area contributed by atoms with Crippen LogP contribution in [-0.4, -0.2) is 29.1 Å². The molecule has 0 fully saturated rings. The molecule has 6 aromatic rings. The molecule has 0 radical (unpaired) electrons. The van der Waals surface area contributed by atoms with Gasteiger partial charge >= 0.3 is 0 Å². The van der Waals surface area contributed by atoms with E-state index in [-0.39, 0.29) is 0 Å². The largest absolute Gasteiger partial charge is 0.277 e. The first-order valence-corrected chi connectivity index (χ1v) is 11.9. The second kappa shape index (κ2) is 9.40. The molecule has 4 heterocycles. The van der Waals surface area contributed by atoms with Crippen LogP contribution in [0.5, 0.6) is 0 Å². The number of para-hydroxylation sites is 1. The molecule has 0 amide bonds. The van der Waals surface area contributed by atoms with Crippen molar-refractivity contribution in [2.45, 2.75) is 6.92 Å². The maximum atomic E-state index is 5.48. The lowest BCUT2D eigenvalue weighted by molar-refractivity contribution is 1.08. The average Bonchev–Trinajstić information content (AvgIpc) is 3.53. The first-order chi connectivity index (χ1) is 18.3. The Morgan fingerprint density at radius 3 is 2.05 bits per heavy atom. The number of hydrogen-bond acceptors (Lipinski definition) is 4. The Morgan fingerprint density at radius 2 is 1.38 bits per heavy atom. The van der Waals surface area contributed by atoms with Crippen LogP contribution in [0.25, 0.3) is 56.5 Å². The number of nitrogens with zero attached hydrogens (tertiary/aromatic N) is 6. The fraction of sp³-hybridized carbons (Fsp3) is 0.0323. The van der Waals surface area contributed by atoms with Gasteiger partial charge in [-0.1, -0.05) is 54.5 Å². The van der Waals surface area contributed by atoms with Crippen LogP contribution < -0.4 is 0 Å². The van der Waals surface area contributed by atoms with Crippen molar-refractivity contribution in [2.24, 2.45) is 0 Å². The summed E-state index contributed by atoms with van der Waals surface area (Å²) in [6.07, 6.45) is 14.6. The maximum absolute atomic E-state index is 5.48. The van der Waals surface area contributed by atoms with Crippen LogP contribution in [-0.2, 0) is 0 Å². The lowest BCUT2D eigenvalue weighted by Crippen LogP contribution is -2.00. The fourth-order valence-electron chi connectivity index (χ4n) is 4.48. The summed E-state index contributed by atoms with van der Waals surface area (Å²) >= 11 is 0. The molecular weight excluding hydrogens is 456 g/mol. The number of imidazole rings is 2. The van der Waals surface area contributed by atoms with E-state index in [1.807, 2.05) is 66.1 Å². The van der Waals surface area contributed by atoms with Crippen LogP contribution in [0.2, 0.25) is 0 Å². The molecule has 0 aliphatic carbocycles. The van der Waals surface area contributed by atoms with Gasteiger partial charge in [-0.15, -0.1) is 6.42 Å². The Labute approximate surface area is 214 Å². The van der Waals surface area contributed by atoms with Gasteiger partial charge in [0.1, 0.15) is 22.7 Å². The third-order valence-electron chi connectivity index (χ3n) is 6.15. The van der Waals surface area contributed by atoms with Crippen molar-refractivity contribution in [3.8, 4) is 40.8 Å². The lowest BCUT2D eigenvalue weighted by atomic mass is 10.1. The van der Waals surface area contributed by atoms with Crippen LogP contribution in [0.1, 0.15) is 6.92 Å². The monoisotopic (exact) mass is 478 g/mol. The fourth-order valence-corrected chi connectivity index (χ4v) is 4.48. The Bertz CT molecular complexity index is 1830. The topological polar surface area (TPSA) is 61.4 Å². The van der Waals surface area contributed by atoms with Crippen LogP contribution in [0.4, 0.5) is 0 Å². The van der Waals surface area contributed by atoms with Crippen molar-refractivity contribution in [1.29, 1.82) is 0 Å². The molecule has 0 unspecified atom stereocenters. The van der Waals surface area contributed by atoms with E-state index in [0.717, 1.165) is 56.5 Å². The van der Waals surface area contributed by atoms with Gasteiger partial charge in [0.25, 0.3) is 0 Å². The molecule has 0 spiro atoms. The van der Waals surface area contributed by atoms with E-state index in [1.54, 1.807) is 18.5 Å². The molecule has 176 valence electrons. The van der Waals surface area contributed by atoms with Gasteiger partial charge in [0.05, 0.1) is 0 Å². The average molecular weight is 479 g/mol. The zero-order valence-corrected chi connectivity index (χ0v) is 20.2. The van der Waals surface area contributed by atoms with Gasteiger partial charge in [0.2, 0.25) is 0 Å². The second-order valence-electron chi connectivity index (χ2n) is 8.36. The second-order valence-corrected chi connectivity index (χ2v) is 8.36. The molecule has 0 atom stereocenters. The van der Waals surface area contributed by atoms with Crippen molar-refractivity contribution >= 4 is 28.0 Å². The molecule has 0 aliphatic rings. The standard InChI is InChI=1S/C31H22N6/c1-3-5-11-24(4-2)36-28(34-26-14-9-20-32-30(26)36)22-16-18-23(19-17-22)29-35-27-15-10-21-33-31(27)37(29)25-12-7-6-8-13-25/h1,4-21H,2H3/b11-5-,24-4+. The highest BCUT2D eigenvalue weighted by molar-refractivity contribution is 5.85. The predicted molar refractivity (Wildman–Crippen MR) is 149 cm³/mol. The van der Waals surface area contributed by atoms with E-state index in [2.05, 4.69) is 56.9 Å². The maximum Gasteiger partial charge on any atom is 0.164 e. The molecule has 0 bridgehead atoms. The van der Waals surface area contributed by atoms with E-state index < -0.39 is 0 Å². The first-order valence-electron chi connectivity index (χ1n) is 11.9. The van der Waals surface area contributed by atoms with E-state index in [0.29, 0.717) is 0 Å². The zero-order chi connectivity index (χ0) is 25.2. The summed E-state index contributed by atoms with van der Waals surface area (Å²) in [7, 11) is 0. The molecule has 37 heavy (non-hydrogen) atoms. The molecular formula is C31H22N6. The third-order valence-corrected chi connectivity index (χ3v) is 6.15.